The van der Waals surface area contributed by atoms with Gasteiger partial charge in [0.1, 0.15) is 6.54 Å². The molecule has 20 heavy (non-hydrogen) atoms. The number of rotatable bonds is 5. The Kier molecular flexibility index (Phi) is 4.52. The Morgan fingerprint density at radius 3 is 2.60 bits per heavy atom. The predicted molar refractivity (Wildman–Crippen MR) is 78.4 cm³/mol. The van der Waals surface area contributed by atoms with Crippen LogP contribution in [0.15, 0.2) is 36.7 Å². The lowest BCUT2D eigenvalue weighted by atomic mass is 10.1. The Balaban J connectivity index is 2.03. The monoisotopic (exact) mass is 336 g/mol. The number of carbonyl (C=O) groups is 2. The van der Waals surface area contributed by atoms with Gasteiger partial charge in [0.15, 0.2) is 0 Å². The van der Waals surface area contributed by atoms with E-state index in [9.17, 15) is 9.59 Å². The quantitative estimate of drug-likeness (QED) is 0.811. The molecule has 0 radical (unpaired) electrons. The number of anilines is 1. The number of halogens is 1. The topological polar surface area (TPSA) is 90.0 Å². The first-order valence-electron chi connectivity index (χ1n) is 5.85. The van der Waals surface area contributed by atoms with E-state index in [1.54, 1.807) is 18.3 Å². The zero-order chi connectivity index (χ0) is 14.5. The molecule has 1 heterocycles. The van der Waals surface area contributed by atoms with Gasteiger partial charge in [-0.15, -0.1) is 0 Å². The first-order valence-corrected chi connectivity index (χ1v) is 6.97. The van der Waals surface area contributed by atoms with Crippen molar-refractivity contribution in [3.63, 3.8) is 0 Å². The van der Waals surface area contributed by atoms with Gasteiger partial charge >= 0.3 is 0 Å². The van der Waals surface area contributed by atoms with E-state index in [1.165, 1.54) is 10.9 Å². The van der Waals surface area contributed by atoms with Crippen LogP contribution in [-0.2, 0) is 16.7 Å². The normalized spacial score (nSPS) is 10.2. The molecular weight excluding hydrogens is 324 g/mol. The maximum atomic E-state index is 12.0. The summed E-state index contributed by atoms with van der Waals surface area (Å²) in [5, 5.41) is 7.37. The van der Waals surface area contributed by atoms with Crippen LogP contribution in [-0.4, -0.2) is 21.6 Å². The van der Waals surface area contributed by atoms with Crippen LogP contribution in [0.5, 0.6) is 0 Å². The van der Waals surface area contributed by atoms with Crippen LogP contribution in [0.1, 0.15) is 15.9 Å². The van der Waals surface area contributed by atoms with Crippen molar-refractivity contribution in [3.05, 3.63) is 47.8 Å². The second kappa shape index (κ2) is 6.33. The number of carbonyl (C=O) groups excluding carboxylic acids is 2. The minimum Gasteiger partial charge on any atom is -0.368 e. The molecule has 3 N–H and O–H groups in total. The zero-order valence-electron chi connectivity index (χ0n) is 10.5. The van der Waals surface area contributed by atoms with E-state index in [0.717, 1.165) is 10.9 Å². The molecule has 0 aliphatic carbocycles. The van der Waals surface area contributed by atoms with E-state index >= 15 is 0 Å². The molecule has 2 aromatic rings. The second-order valence-electron chi connectivity index (χ2n) is 4.18. The average Bonchev–Trinajstić information content (AvgIpc) is 2.85. The van der Waals surface area contributed by atoms with Crippen molar-refractivity contribution in [2.45, 2.75) is 11.9 Å². The average molecular weight is 337 g/mol. The molecule has 0 unspecified atom stereocenters. The molecule has 0 bridgehead atoms. The molecule has 2 amide bonds. The maximum Gasteiger partial charge on any atom is 0.255 e. The maximum absolute atomic E-state index is 12.0. The van der Waals surface area contributed by atoms with E-state index in [0.29, 0.717) is 11.3 Å². The molecule has 0 saturated carbocycles. The Morgan fingerprint density at radius 1 is 1.30 bits per heavy atom. The van der Waals surface area contributed by atoms with Crippen molar-refractivity contribution in [2.24, 2.45) is 5.73 Å². The summed E-state index contributed by atoms with van der Waals surface area (Å²) in [6, 6.07) is 7.25. The van der Waals surface area contributed by atoms with Crippen molar-refractivity contribution in [1.29, 1.82) is 0 Å². The van der Waals surface area contributed by atoms with Crippen LogP contribution >= 0.6 is 15.9 Å². The SMILES string of the molecule is NC(=O)Cn1cc(NC(=O)c2ccc(CBr)cc2)cn1. The number of nitrogens with two attached hydrogens (primary N) is 1. The van der Waals surface area contributed by atoms with E-state index in [1.807, 2.05) is 12.1 Å². The van der Waals surface area contributed by atoms with Crippen molar-refractivity contribution in [3.8, 4) is 0 Å². The molecule has 1 aromatic carbocycles. The van der Waals surface area contributed by atoms with Gasteiger partial charge in [-0.25, -0.2) is 0 Å². The van der Waals surface area contributed by atoms with Gasteiger partial charge in [0.05, 0.1) is 11.9 Å². The smallest absolute Gasteiger partial charge is 0.255 e. The molecule has 2 rings (SSSR count). The van der Waals surface area contributed by atoms with Crippen molar-refractivity contribution in [1.82, 2.24) is 9.78 Å². The Hall–Kier alpha value is -2.15. The van der Waals surface area contributed by atoms with E-state index in [2.05, 4.69) is 26.3 Å². The number of alkyl halides is 1. The standard InChI is InChI=1S/C13H13BrN4O2/c14-5-9-1-3-10(4-2-9)13(20)17-11-6-16-18(7-11)8-12(15)19/h1-4,6-7H,5,8H2,(H2,15,19)(H,17,20). The lowest BCUT2D eigenvalue weighted by Crippen LogP contribution is -2.18. The lowest BCUT2D eigenvalue weighted by molar-refractivity contribution is -0.118. The number of nitrogens with zero attached hydrogens (tertiary/aromatic N) is 2. The Morgan fingerprint density at radius 2 is 2.00 bits per heavy atom. The van der Waals surface area contributed by atoms with Crippen molar-refractivity contribution >= 4 is 33.4 Å². The van der Waals surface area contributed by atoms with Crippen LogP contribution in [0.3, 0.4) is 0 Å². The minimum absolute atomic E-state index is 0.0180. The van der Waals surface area contributed by atoms with E-state index < -0.39 is 5.91 Å². The summed E-state index contributed by atoms with van der Waals surface area (Å²) in [6.45, 7) is -0.0180. The molecule has 0 saturated heterocycles. The lowest BCUT2D eigenvalue weighted by Gasteiger charge is -2.03. The number of hydrogen-bond acceptors (Lipinski definition) is 3. The summed E-state index contributed by atoms with van der Waals surface area (Å²) < 4.78 is 1.37. The third-order valence-electron chi connectivity index (χ3n) is 2.58. The van der Waals surface area contributed by atoms with Gasteiger partial charge in [0.25, 0.3) is 5.91 Å². The predicted octanol–water partition coefficient (Wildman–Crippen LogP) is 1.52. The highest BCUT2D eigenvalue weighted by Crippen LogP contribution is 2.11. The molecule has 104 valence electrons. The summed E-state index contributed by atoms with van der Waals surface area (Å²) in [6.07, 6.45) is 3.02. The molecule has 0 fully saturated rings. The number of aromatic nitrogens is 2. The third-order valence-corrected chi connectivity index (χ3v) is 3.23. The highest BCUT2D eigenvalue weighted by Gasteiger charge is 2.08. The van der Waals surface area contributed by atoms with Crippen molar-refractivity contribution in [2.75, 3.05) is 5.32 Å². The first kappa shape index (κ1) is 14.3. The van der Waals surface area contributed by atoms with Gasteiger partial charge < -0.3 is 11.1 Å². The molecular formula is C13H13BrN4O2. The van der Waals surface area contributed by atoms with Crippen LogP contribution in [0.25, 0.3) is 0 Å². The van der Waals surface area contributed by atoms with Crippen LogP contribution in [0.4, 0.5) is 5.69 Å². The fraction of sp³-hybridized carbons (Fsp3) is 0.154. The highest BCUT2D eigenvalue weighted by molar-refractivity contribution is 9.08. The molecule has 1 aromatic heterocycles. The fourth-order valence-electron chi connectivity index (χ4n) is 1.62. The van der Waals surface area contributed by atoms with Gasteiger partial charge in [0, 0.05) is 17.1 Å². The summed E-state index contributed by atoms with van der Waals surface area (Å²) in [7, 11) is 0. The summed E-state index contributed by atoms with van der Waals surface area (Å²) in [5.41, 5.74) is 7.22. The van der Waals surface area contributed by atoms with Gasteiger partial charge in [-0.1, -0.05) is 28.1 Å². The zero-order valence-corrected chi connectivity index (χ0v) is 12.1. The van der Waals surface area contributed by atoms with E-state index in [4.69, 9.17) is 5.73 Å². The Bertz CT molecular complexity index is 622. The minimum atomic E-state index is -0.490. The third kappa shape index (κ3) is 3.67. The Labute approximate surface area is 124 Å². The molecule has 6 nitrogen and oxygen atoms in total. The van der Waals surface area contributed by atoms with Crippen LogP contribution in [0, 0.1) is 0 Å². The van der Waals surface area contributed by atoms with E-state index in [-0.39, 0.29) is 12.5 Å². The molecule has 0 atom stereocenters. The number of amides is 2. The summed E-state index contributed by atoms with van der Waals surface area (Å²) in [4.78, 5) is 22.7. The number of benzene rings is 1. The molecule has 0 spiro atoms. The molecule has 0 aliphatic rings. The van der Waals surface area contributed by atoms with Gasteiger partial charge in [-0.2, -0.15) is 5.10 Å². The number of hydrogen-bond donors (Lipinski definition) is 2. The van der Waals surface area contributed by atoms with Gasteiger partial charge in [-0.05, 0) is 17.7 Å². The van der Waals surface area contributed by atoms with Gasteiger partial charge in [0.2, 0.25) is 5.91 Å². The largest absolute Gasteiger partial charge is 0.368 e. The summed E-state index contributed by atoms with van der Waals surface area (Å²) in [5.74, 6) is -0.721. The van der Waals surface area contributed by atoms with Crippen LogP contribution in [0.2, 0.25) is 0 Å². The highest BCUT2D eigenvalue weighted by atomic mass is 79.9. The first-order chi connectivity index (χ1) is 9.58. The number of primary amides is 1. The molecule has 7 heteroatoms. The van der Waals surface area contributed by atoms with Gasteiger partial charge in [-0.3, -0.25) is 14.3 Å². The number of nitrogens with one attached hydrogen (secondary N) is 1. The fourth-order valence-corrected chi connectivity index (χ4v) is 2.00. The van der Waals surface area contributed by atoms with Crippen molar-refractivity contribution < 1.29 is 9.59 Å². The summed E-state index contributed by atoms with van der Waals surface area (Å²) >= 11 is 3.35. The second-order valence-corrected chi connectivity index (χ2v) is 4.74. The molecule has 0 aliphatic heterocycles. The van der Waals surface area contributed by atoms with Crippen LogP contribution < -0.4 is 11.1 Å².